The van der Waals surface area contributed by atoms with Gasteiger partial charge in [0.25, 0.3) is 0 Å². The summed E-state index contributed by atoms with van der Waals surface area (Å²) in [5, 5.41) is 6.92. The number of fused-ring (bicyclic) bond motifs is 1. The molecule has 2 N–H and O–H groups in total. The number of thiophene rings is 1. The fourth-order valence-corrected chi connectivity index (χ4v) is 3.38. The van der Waals surface area contributed by atoms with Crippen LogP contribution in [0, 0.1) is 20.8 Å². The molecule has 0 aliphatic heterocycles. The van der Waals surface area contributed by atoms with Gasteiger partial charge in [-0.2, -0.15) is 0 Å². The molecule has 0 atom stereocenters. The number of hydrogen-bond donors (Lipinski definition) is 2. The molecule has 0 fully saturated rings. The molecule has 7 heteroatoms. The first-order valence-electron chi connectivity index (χ1n) is 7.32. The van der Waals surface area contributed by atoms with Gasteiger partial charge in [-0.15, -0.1) is 11.3 Å². The van der Waals surface area contributed by atoms with Crippen LogP contribution in [0.15, 0.2) is 22.8 Å². The second kappa shape index (κ2) is 6.37. The Balaban J connectivity index is 1.70. The number of furan rings is 1. The third-order valence-corrected chi connectivity index (χ3v) is 4.70. The van der Waals surface area contributed by atoms with Crippen LogP contribution in [0.3, 0.4) is 0 Å². The number of hydrogen-bond acceptors (Lipinski definition) is 6. The minimum absolute atomic E-state index is 0.115. The van der Waals surface area contributed by atoms with Gasteiger partial charge in [0.15, 0.2) is 0 Å². The second-order valence-electron chi connectivity index (χ2n) is 5.29. The van der Waals surface area contributed by atoms with Crippen LogP contribution in [0.5, 0.6) is 0 Å². The summed E-state index contributed by atoms with van der Waals surface area (Å²) in [6.07, 6.45) is 1.59. The average Bonchev–Trinajstić information content (AvgIpc) is 3.12. The first kappa shape index (κ1) is 15.5. The second-order valence-corrected chi connectivity index (χ2v) is 6.50. The third-order valence-electron chi connectivity index (χ3n) is 3.60. The van der Waals surface area contributed by atoms with E-state index in [4.69, 9.17) is 4.42 Å². The summed E-state index contributed by atoms with van der Waals surface area (Å²) in [6, 6.07) is 3.62. The minimum atomic E-state index is -0.115. The van der Waals surface area contributed by atoms with Crippen molar-refractivity contribution in [2.45, 2.75) is 27.3 Å². The van der Waals surface area contributed by atoms with Crippen molar-refractivity contribution in [2.75, 3.05) is 11.9 Å². The Morgan fingerprint density at radius 2 is 2.13 bits per heavy atom. The van der Waals surface area contributed by atoms with Gasteiger partial charge < -0.3 is 15.1 Å². The third kappa shape index (κ3) is 3.34. The van der Waals surface area contributed by atoms with Gasteiger partial charge in [0.1, 0.15) is 22.2 Å². The number of rotatable bonds is 5. The molecule has 0 saturated carbocycles. The summed E-state index contributed by atoms with van der Waals surface area (Å²) in [7, 11) is 0. The fraction of sp³-hybridized carbons (Fsp3) is 0.312. The fourth-order valence-electron chi connectivity index (χ4n) is 2.31. The molecule has 0 aromatic carbocycles. The Kier molecular flexibility index (Phi) is 4.29. The predicted octanol–water partition coefficient (Wildman–Crippen LogP) is 2.94. The highest BCUT2D eigenvalue weighted by Gasteiger charge is 2.14. The Morgan fingerprint density at radius 3 is 2.87 bits per heavy atom. The SMILES string of the molecule is Cc1nc(NCC(=O)NCc2ccco2)c2c(C)c(C)sc2n1. The van der Waals surface area contributed by atoms with E-state index in [1.54, 1.807) is 23.7 Å². The van der Waals surface area contributed by atoms with Crippen LogP contribution in [0.25, 0.3) is 10.2 Å². The zero-order valence-corrected chi connectivity index (χ0v) is 14.1. The van der Waals surface area contributed by atoms with Crippen LogP contribution in [-0.2, 0) is 11.3 Å². The molecule has 0 saturated heterocycles. The van der Waals surface area contributed by atoms with E-state index in [9.17, 15) is 4.79 Å². The molecule has 0 radical (unpaired) electrons. The number of carbonyl (C=O) groups excluding carboxylic acids is 1. The van der Waals surface area contributed by atoms with E-state index in [1.807, 2.05) is 13.0 Å². The zero-order valence-electron chi connectivity index (χ0n) is 13.3. The van der Waals surface area contributed by atoms with Gasteiger partial charge in [0.2, 0.25) is 5.91 Å². The number of nitrogens with one attached hydrogen (secondary N) is 2. The summed E-state index contributed by atoms with van der Waals surface area (Å²) in [5.41, 5.74) is 1.16. The maximum absolute atomic E-state index is 12.0. The molecule has 0 spiro atoms. The van der Waals surface area contributed by atoms with Gasteiger partial charge in [-0.1, -0.05) is 0 Å². The summed E-state index contributed by atoms with van der Waals surface area (Å²) >= 11 is 1.65. The number of aryl methyl sites for hydroxylation is 3. The van der Waals surface area contributed by atoms with Crippen molar-refractivity contribution in [3.8, 4) is 0 Å². The van der Waals surface area contributed by atoms with E-state index in [1.165, 1.54) is 4.88 Å². The van der Waals surface area contributed by atoms with Gasteiger partial charge in [-0.05, 0) is 38.5 Å². The molecule has 0 bridgehead atoms. The highest BCUT2D eigenvalue weighted by Crippen LogP contribution is 2.32. The molecule has 0 aliphatic rings. The first-order valence-corrected chi connectivity index (χ1v) is 8.13. The standard InChI is InChI=1S/C16H18N4O2S/c1-9-10(2)23-16-14(9)15(19-11(3)20-16)18-8-13(21)17-7-12-5-4-6-22-12/h4-6H,7-8H2,1-3H3,(H,17,21)(H,18,19,20). The van der Waals surface area contributed by atoms with E-state index in [0.717, 1.165) is 21.5 Å². The molecule has 3 rings (SSSR count). The maximum Gasteiger partial charge on any atom is 0.239 e. The summed E-state index contributed by atoms with van der Waals surface area (Å²) in [6.45, 7) is 6.50. The van der Waals surface area contributed by atoms with E-state index < -0.39 is 0 Å². The molecule has 23 heavy (non-hydrogen) atoms. The Bertz CT molecular complexity index is 840. The average molecular weight is 330 g/mol. The van der Waals surface area contributed by atoms with Crippen LogP contribution in [0.2, 0.25) is 0 Å². The smallest absolute Gasteiger partial charge is 0.239 e. The van der Waals surface area contributed by atoms with E-state index in [2.05, 4.69) is 34.4 Å². The lowest BCUT2D eigenvalue weighted by molar-refractivity contribution is -0.119. The highest BCUT2D eigenvalue weighted by molar-refractivity contribution is 7.18. The predicted molar refractivity (Wildman–Crippen MR) is 90.7 cm³/mol. The first-order chi connectivity index (χ1) is 11.0. The van der Waals surface area contributed by atoms with Crippen molar-refractivity contribution < 1.29 is 9.21 Å². The highest BCUT2D eigenvalue weighted by atomic mass is 32.1. The van der Waals surface area contributed by atoms with Crippen LogP contribution >= 0.6 is 11.3 Å². The molecule has 3 heterocycles. The Labute approximate surface area is 137 Å². The van der Waals surface area contributed by atoms with Gasteiger partial charge in [0, 0.05) is 4.88 Å². The van der Waals surface area contributed by atoms with Crippen LogP contribution < -0.4 is 10.6 Å². The number of nitrogens with zero attached hydrogens (tertiary/aromatic N) is 2. The van der Waals surface area contributed by atoms with Gasteiger partial charge in [0.05, 0.1) is 24.7 Å². The number of amides is 1. The largest absolute Gasteiger partial charge is 0.467 e. The van der Waals surface area contributed by atoms with Crippen LogP contribution in [0.4, 0.5) is 5.82 Å². The van der Waals surface area contributed by atoms with Gasteiger partial charge >= 0.3 is 0 Å². The number of anilines is 1. The van der Waals surface area contributed by atoms with Crippen molar-refractivity contribution in [3.63, 3.8) is 0 Å². The summed E-state index contributed by atoms with van der Waals surface area (Å²) < 4.78 is 5.18. The monoisotopic (exact) mass is 330 g/mol. The lowest BCUT2D eigenvalue weighted by atomic mass is 10.2. The lowest BCUT2D eigenvalue weighted by Gasteiger charge is -2.08. The molecule has 3 aromatic heterocycles. The van der Waals surface area contributed by atoms with Crippen LogP contribution in [0.1, 0.15) is 22.0 Å². The van der Waals surface area contributed by atoms with E-state index in [-0.39, 0.29) is 12.5 Å². The van der Waals surface area contributed by atoms with Crippen molar-refractivity contribution in [3.05, 3.63) is 40.4 Å². The topological polar surface area (TPSA) is 80.0 Å². The van der Waals surface area contributed by atoms with Crippen molar-refractivity contribution in [2.24, 2.45) is 0 Å². The molecule has 6 nitrogen and oxygen atoms in total. The molecular weight excluding hydrogens is 312 g/mol. The zero-order chi connectivity index (χ0) is 16.4. The van der Waals surface area contributed by atoms with Crippen molar-refractivity contribution in [1.29, 1.82) is 0 Å². The quantitative estimate of drug-likeness (QED) is 0.752. The number of aromatic nitrogens is 2. The van der Waals surface area contributed by atoms with E-state index in [0.29, 0.717) is 18.2 Å². The van der Waals surface area contributed by atoms with E-state index >= 15 is 0 Å². The molecule has 0 aliphatic carbocycles. The Morgan fingerprint density at radius 1 is 1.30 bits per heavy atom. The van der Waals surface area contributed by atoms with Crippen LogP contribution in [-0.4, -0.2) is 22.4 Å². The normalized spacial score (nSPS) is 10.9. The maximum atomic E-state index is 12.0. The summed E-state index contributed by atoms with van der Waals surface area (Å²) in [4.78, 5) is 23.0. The molecule has 1 amide bonds. The minimum Gasteiger partial charge on any atom is -0.467 e. The van der Waals surface area contributed by atoms with Gasteiger partial charge in [-0.3, -0.25) is 4.79 Å². The molecule has 120 valence electrons. The van der Waals surface area contributed by atoms with Gasteiger partial charge in [-0.25, -0.2) is 9.97 Å². The Hall–Kier alpha value is -2.41. The molecule has 3 aromatic rings. The number of carbonyl (C=O) groups is 1. The lowest BCUT2D eigenvalue weighted by Crippen LogP contribution is -2.29. The van der Waals surface area contributed by atoms with Crippen molar-refractivity contribution >= 4 is 33.3 Å². The summed E-state index contributed by atoms with van der Waals surface area (Å²) in [5.74, 6) is 2.01. The molecular formula is C16H18N4O2S. The van der Waals surface area contributed by atoms with Crippen molar-refractivity contribution in [1.82, 2.24) is 15.3 Å². The molecule has 0 unspecified atom stereocenters.